The van der Waals surface area contributed by atoms with E-state index >= 15 is 0 Å². The van der Waals surface area contributed by atoms with Gasteiger partial charge in [0.15, 0.2) is 0 Å². The average molecular weight is 197 g/mol. The van der Waals surface area contributed by atoms with Crippen LogP contribution in [0.4, 0.5) is 0 Å². The van der Waals surface area contributed by atoms with E-state index in [1.54, 1.807) is 19.1 Å². The summed E-state index contributed by atoms with van der Waals surface area (Å²) in [7, 11) is 0. The van der Waals surface area contributed by atoms with Crippen LogP contribution in [0.15, 0.2) is 24.3 Å². The molecular weight excluding hydrogens is 190 g/mol. The predicted molar refractivity (Wildman–Crippen MR) is 29.0 cm³/mol. The molecule has 0 radical (unpaired) electrons. The zero-order valence-corrected chi connectivity index (χ0v) is 10.5. The molecule has 0 saturated heterocycles. The van der Waals surface area contributed by atoms with E-state index in [9.17, 15) is 9.90 Å². The minimum absolute atomic E-state index is 0. The molecule has 0 fully saturated rings. The van der Waals surface area contributed by atoms with Crippen molar-refractivity contribution in [2.24, 2.45) is 0 Å². The first-order chi connectivity index (χ1) is 3.77. The number of aliphatic carboxylic acids is 1. The van der Waals surface area contributed by atoms with Crippen LogP contribution in [0.2, 0.25) is 0 Å². The minimum Gasteiger partial charge on any atom is -0.545 e. The van der Waals surface area contributed by atoms with Crippen LogP contribution in [0.1, 0.15) is 6.92 Å². The number of hydrogen-bond donors (Lipinski definition) is 0. The smallest absolute Gasteiger partial charge is 0.545 e. The van der Waals surface area contributed by atoms with Crippen molar-refractivity contribution in [3.63, 3.8) is 0 Å². The van der Waals surface area contributed by atoms with Crippen molar-refractivity contribution in [2.75, 3.05) is 0 Å². The SMILES string of the molecule is C/C=C/C=C/C(=O)[O-].[Rb+]. The van der Waals surface area contributed by atoms with Gasteiger partial charge in [0.25, 0.3) is 0 Å². The number of allylic oxidation sites excluding steroid dienone is 3. The monoisotopic (exact) mass is 196 g/mol. The van der Waals surface area contributed by atoms with Gasteiger partial charge in [0.1, 0.15) is 0 Å². The molecule has 0 amide bonds. The van der Waals surface area contributed by atoms with Crippen LogP contribution in [-0.2, 0) is 4.79 Å². The fourth-order valence-electron chi connectivity index (χ4n) is 0.245. The maximum absolute atomic E-state index is 9.64. The Kier molecular flexibility index (Phi) is 12.1. The van der Waals surface area contributed by atoms with Gasteiger partial charge in [0.2, 0.25) is 0 Å². The van der Waals surface area contributed by atoms with Gasteiger partial charge in [-0.25, -0.2) is 0 Å². The zero-order valence-electron chi connectivity index (χ0n) is 5.63. The van der Waals surface area contributed by atoms with Gasteiger partial charge in [-0.2, -0.15) is 0 Å². The number of carbonyl (C=O) groups is 1. The van der Waals surface area contributed by atoms with Crippen LogP contribution in [-0.4, -0.2) is 5.97 Å². The first-order valence-corrected chi connectivity index (χ1v) is 2.27. The molecule has 0 aliphatic rings. The summed E-state index contributed by atoms with van der Waals surface area (Å²) in [5.41, 5.74) is 0. The van der Waals surface area contributed by atoms with Crippen molar-refractivity contribution in [1.29, 1.82) is 0 Å². The van der Waals surface area contributed by atoms with Crippen LogP contribution < -0.4 is 63.3 Å². The maximum Gasteiger partial charge on any atom is 1.00 e. The largest absolute Gasteiger partial charge is 1.00 e. The molecule has 0 N–H and O–H groups in total. The minimum atomic E-state index is -1.16. The first-order valence-electron chi connectivity index (χ1n) is 2.27. The second kappa shape index (κ2) is 8.76. The molecule has 0 aliphatic heterocycles. The van der Waals surface area contributed by atoms with Crippen molar-refractivity contribution in [1.82, 2.24) is 0 Å². The summed E-state index contributed by atoms with van der Waals surface area (Å²) in [5.74, 6) is -1.16. The van der Waals surface area contributed by atoms with E-state index in [4.69, 9.17) is 0 Å². The normalized spacial score (nSPS) is 9.89. The molecule has 0 spiro atoms. The molecule has 0 heterocycles. The molecule has 0 aromatic carbocycles. The quantitative estimate of drug-likeness (QED) is 0.346. The van der Waals surface area contributed by atoms with E-state index in [0.29, 0.717) is 0 Å². The molecule has 44 valence electrons. The Morgan fingerprint density at radius 2 is 2.00 bits per heavy atom. The van der Waals surface area contributed by atoms with E-state index < -0.39 is 5.97 Å². The van der Waals surface area contributed by atoms with Crippen LogP contribution in [0.25, 0.3) is 0 Å². The molecule has 3 heteroatoms. The topological polar surface area (TPSA) is 40.1 Å². The van der Waals surface area contributed by atoms with E-state index in [1.165, 1.54) is 6.08 Å². The summed E-state index contributed by atoms with van der Waals surface area (Å²) in [6.45, 7) is 1.81. The Hall–Kier alpha value is 0.755. The van der Waals surface area contributed by atoms with Crippen LogP contribution >= 0.6 is 0 Å². The van der Waals surface area contributed by atoms with Crippen molar-refractivity contribution in [3.8, 4) is 0 Å². The van der Waals surface area contributed by atoms with Crippen molar-refractivity contribution in [3.05, 3.63) is 24.3 Å². The third-order valence-electron chi connectivity index (χ3n) is 0.536. The molecule has 0 aromatic rings. The number of carboxylic acid groups (broad SMARTS) is 1. The predicted octanol–water partition coefficient (Wildman–Crippen LogP) is -3.13. The Morgan fingerprint density at radius 1 is 1.44 bits per heavy atom. The van der Waals surface area contributed by atoms with Gasteiger partial charge in [-0.15, -0.1) is 0 Å². The second-order valence-electron chi connectivity index (χ2n) is 1.20. The van der Waals surface area contributed by atoms with E-state index in [2.05, 4.69) is 0 Å². The number of rotatable bonds is 2. The van der Waals surface area contributed by atoms with Gasteiger partial charge < -0.3 is 9.90 Å². The van der Waals surface area contributed by atoms with Gasteiger partial charge in [0.05, 0.1) is 5.97 Å². The molecule has 2 nitrogen and oxygen atoms in total. The summed E-state index contributed by atoms with van der Waals surface area (Å²) >= 11 is 0. The van der Waals surface area contributed by atoms with Crippen LogP contribution in [0, 0.1) is 0 Å². The number of carboxylic acids is 1. The molecule has 0 saturated carbocycles. The summed E-state index contributed by atoms with van der Waals surface area (Å²) < 4.78 is 0. The van der Waals surface area contributed by atoms with E-state index in [0.717, 1.165) is 6.08 Å². The third kappa shape index (κ3) is 12.1. The van der Waals surface area contributed by atoms with Crippen LogP contribution in [0.5, 0.6) is 0 Å². The number of hydrogen-bond acceptors (Lipinski definition) is 2. The Balaban J connectivity index is 0. The second-order valence-corrected chi connectivity index (χ2v) is 1.20. The Bertz CT molecular complexity index is 127. The van der Waals surface area contributed by atoms with Gasteiger partial charge in [0, 0.05) is 0 Å². The fraction of sp³-hybridized carbons (Fsp3) is 0.167. The number of carbonyl (C=O) groups excluding carboxylic acids is 1. The molecule has 0 aliphatic carbocycles. The summed E-state index contributed by atoms with van der Waals surface area (Å²) in [5, 5.41) is 9.64. The molecule has 0 unspecified atom stereocenters. The summed E-state index contributed by atoms with van der Waals surface area (Å²) in [4.78, 5) is 9.64. The standard InChI is InChI=1S/C6H8O2.Rb/c1-2-3-4-5-6(7)8;/h2-5H,1H3,(H,7,8);/q;+1/p-1/b3-2+,5-4+;. The zero-order chi connectivity index (χ0) is 6.41. The molecular formula is C6H7O2Rb. The van der Waals surface area contributed by atoms with Crippen molar-refractivity contribution in [2.45, 2.75) is 6.92 Å². The fourth-order valence-corrected chi connectivity index (χ4v) is 0.245. The first kappa shape index (κ1) is 12.4. The molecule has 0 bridgehead atoms. The maximum atomic E-state index is 9.64. The van der Waals surface area contributed by atoms with E-state index in [1.807, 2.05) is 0 Å². The molecule has 0 aromatic heterocycles. The van der Waals surface area contributed by atoms with Gasteiger partial charge in [-0.05, 0) is 13.0 Å². The molecule has 0 rings (SSSR count). The van der Waals surface area contributed by atoms with Crippen LogP contribution in [0.3, 0.4) is 0 Å². The third-order valence-corrected chi connectivity index (χ3v) is 0.536. The van der Waals surface area contributed by atoms with Crippen molar-refractivity contribution >= 4 is 5.97 Å². The molecule has 0 atom stereocenters. The van der Waals surface area contributed by atoms with Gasteiger partial charge >= 0.3 is 58.2 Å². The van der Waals surface area contributed by atoms with Crippen molar-refractivity contribution < 1.29 is 68.1 Å². The van der Waals surface area contributed by atoms with Gasteiger partial charge in [-0.1, -0.05) is 18.2 Å². The van der Waals surface area contributed by atoms with E-state index in [-0.39, 0.29) is 58.2 Å². The summed E-state index contributed by atoms with van der Waals surface area (Å²) in [6, 6.07) is 0. The van der Waals surface area contributed by atoms with Gasteiger partial charge in [-0.3, -0.25) is 0 Å². The Morgan fingerprint density at radius 3 is 2.33 bits per heavy atom. The molecule has 9 heavy (non-hydrogen) atoms. The Labute approximate surface area is 103 Å². The summed E-state index contributed by atoms with van der Waals surface area (Å²) in [6.07, 6.45) is 5.74. The average Bonchev–Trinajstić information content (AvgIpc) is 1.66.